The Labute approximate surface area is 106 Å². The quantitative estimate of drug-likeness (QED) is 0.793. The van der Waals surface area contributed by atoms with Crippen LogP contribution in [0.15, 0.2) is 35.0 Å². The molecule has 0 bridgehead atoms. The van der Waals surface area contributed by atoms with E-state index in [0.717, 1.165) is 11.3 Å². The monoisotopic (exact) mass is 245 g/mol. The second kappa shape index (κ2) is 4.91. The van der Waals surface area contributed by atoms with Crippen molar-refractivity contribution in [2.24, 2.45) is 4.99 Å². The summed E-state index contributed by atoms with van der Waals surface area (Å²) in [7, 11) is 5.27. The standard InChI is InChI=1S/C13H15N3O2/c1-16(2)13-14-11(12(17)15-13)8-9-4-6-10(18-3)7-5-9/h4-8H,1-3H3,(H,14,15,17)/b11-8+. The second-order valence-corrected chi connectivity index (χ2v) is 4.09. The van der Waals surface area contributed by atoms with Crippen LogP contribution in [0, 0.1) is 0 Å². The molecule has 0 spiro atoms. The van der Waals surface area contributed by atoms with Crippen LogP contribution in [-0.4, -0.2) is 38.0 Å². The fraction of sp³-hybridized carbons (Fsp3) is 0.231. The third kappa shape index (κ3) is 2.51. The van der Waals surface area contributed by atoms with Crippen LogP contribution >= 0.6 is 0 Å². The number of hydrogen-bond donors (Lipinski definition) is 1. The summed E-state index contributed by atoms with van der Waals surface area (Å²) in [4.78, 5) is 17.6. The molecule has 0 saturated carbocycles. The van der Waals surface area contributed by atoms with Gasteiger partial charge in [0.15, 0.2) is 0 Å². The number of carbonyl (C=O) groups is 1. The highest BCUT2D eigenvalue weighted by Crippen LogP contribution is 2.16. The van der Waals surface area contributed by atoms with Gasteiger partial charge in [0.05, 0.1) is 7.11 Å². The van der Waals surface area contributed by atoms with Gasteiger partial charge in [0.25, 0.3) is 5.91 Å². The third-order valence-electron chi connectivity index (χ3n) is 2.53. The highest BCUT2D eigenvalue weighted by molar-refractivity contribution is 6.13. The number of methoxy groups -OCH3 is 1. The molecule has 1 aromatic rings. The molecular weight excluding hydrogens is 230 g/mol. The first-order valence-corrected chi connectivity index (χ1v) is 5.53. The summed E-state index contributed by atoms with van der Waals surface area (Å²) in [5.41, 5.74) is 1.31. The van der Waals surface area contributed by atoms with Crippen molar-refractivity contribution in [3.63, 3.8) is 0 Å². The predicted molar refractivity (Wildman–Crippen MR) is 70.2 cm³/mol. The topological polar surface area (TPSA) is 53.9 Å². The van der Waals surface area contributed by atoms with Gasteiger partial charge in [-0.1, -0.05) is 12.1 Å². The summed E-state index contributed by atoms with van der Waals surface area (Å²) in [6.07, 6.45) is 1.74. The van der Waals surface area contributed by atoms with Crippen LogP contribution in [0.5, 0.6) is 5.75 Å². The third-order valence-corrected chi connectivity index (χ3v) is 2.53. The number of nitrogens with one attached hydrogen (secondary N) is 1. The van der Waals surface area contributed by atoms with Gasteiger partial charge < -0.3 is 9.64 Å². The zero-order valence-electron chi connectivity index (χ0n) is 10.6. The number of rotatable bonds is 2. The molecule has 5 heteroatoms. The Morgan fingerprint density at radius 1 is 1.28 bits per heavy atom. The minimum atomic E-state index is -0.186. The Bertz CT molecular complexity index is 516. The number of carbonyl (C=O) groups excluding carboxylic acids is 1. The fourth-order valence-corrected chi connectivity index (χ4v) is 1.53. The van der Waals surface area contributed by atoms with Gasteiger partial charge in [0.2, 0.25) is 5.96 Å². The normalized spacial score (nSPS) is 16.5. The number of aliphatic imine (C=N–C) groups is 1. The van der Waals surface area contributed by atoms with Gasteiger partial charge in [-0.25, -0.2) is 4.99 Å². The van der Waals surface area contributed by atoms with E-state index < -0.39 is 0 Å². The summed E-state index contributed by atoms with van der Waals surface area (Å²) in [5.74, 6) is 1.15. The molecule has 0 saturated heterocycles. The van der Waals surface area contributed by atoms with Gasteiger partial charge in [-0.2, -0.15) is 0 Å². The first-order valence-electron chi connectivity index (χ1n) is 5.53. The fourth-order valence-electron chi connectivity index (χ4n) is 1.53. The van der Waals surface area contributed by atoms with Crippen molar-refractivity contribution < 1.29 is 9.53 Å². The lowest BCUT2D eigenvalue weighted by Crippen LogP contribution is -2.35. The number of ether oxygens (including phenoxy) is 1. The van der Waals surface area contributed by atoms with Gasteiger partial charge in [-0.3, -0.25) is 10.1 Å². The average Bonchev–Trinajstić information content (AvgIpc) is 2.72. The zero-order valence-corrected chi connectivity index (χ0v) is 10.6. The van der Waals surface area contributed by atoms with Crippen LogP contribution in [0.2, 0.25) is 0 Å². The molecule has 1 heterocycles. The number of guanidine groups is 1. The molecule has 0 aromatic heterocycles. The molecule has 0 radical (unpaired) electrons. The molecule has 0 fully saturated rings. The molecule has 1 N–H and O–H groups in total. The molecule has 94 valence electrons. The van der Waals surface area contributed by atoms with Crippen LogP contribution in [0.3, 0.4) is 0 Å². The second-order valence-electron chi connectivity index (χ2n) is 4.09. The van der Waals surface area contributed by atoms with E-state index in [1.807, 2.05) is 38.4 Å². The van der Waals surface area contributed by atoms with E-state index in [-0.39, 0.29) is 5.91 Å². The number of hydrogen-bond acceptors (Lipinski definition) is 4. The van der Waals surface area contributed by atoms with Gasteiger partial charge >= 0.3 is 0 Å². The van der Waals surface area contributed by atoms with Crippen molar-refractivity contribution in [3.8, 4) is 5.75 Å². The molecule has 0 aliphatic carbocycles. The van der Waals surface area contributed by atoms with Crippen molar-refractivity contribution in [1.29, 1.82) is 0 Å². The molecule has 2 rings (SSSR count). The molecule has 1 aliphatic heterocycles. The van der Waals surface area contributed by atoms with Gasteiger partial charge in [0, 0.05) is 14.1 Å². The molecular formula is C13H15N3O2. The zero-order chi connectivity index (χ0) is 13.1. The van der Waals surface area contributed by atoms with Crippen LogP contribution < -0.4 is 10.1 Å². The van der Waals surface area contributed by atoms with Crippen LogP contribution in [0.1, 0.15) is 5.56 Å². The van der Waals surface area contributed by atoms with Crippen molar-refractivity contribution in [2.45, 2.75) is 0 Å². The number of benzene rings is 1. The minimum Gasteiger partial charge on any atom is -0.497 e. The van der Waals surface area contributed by atoms with E-state index in [1.54, 1.807) is 18.1 Å². The molecule has 0 unspecified atom stereocenters. The summed E-state index contributed by atoms with van der Waals surface area (Å²) >= 11 is 0. The van der Waals surface area contributed by atoms with Crippen molar-refractivity contribution in [3.05, 3.63) is 35.5 Å². The number of amides is 1. The Morgan fingerprint density at radius 3 is 2.44 bits per heavy atom. The minimum absolute atomic E-state index is 0.186. The molecule has 18 heavy (non-hydrogen) atoms. The van der Waals surface area contributed by atoms with Crippen LogP contribution in [-0.2, 0) is 4.79 Å². The predicted octanol–water partition coefficient (Wildman–Crippen LogP) is 1.08. The van der Waals surface area contributed by atoms with E-state index in [2.05, 4.69) is 10.3 Å². The summed E-state index contributed by atoms with van der Waals surface area (Å²) in [6, 6.07) is 7.44. The van der Waals surface area contributed by atoms with E-state index in [1.165, 1.54) is 0 Å². The van der Waals surface area contributed by atoms with Gasteiger partial charge in [0.1, 0.15) is 11.4 Å². The largest absolute Gasteiger partial charge is 0.497 e. The molecule has 1 aliphatic rings. The Morgan fingerprint density at radius 2 is 1.94 bits per heavy atom. The summed E-state index contributed by atoms with van der Waals surface area (Å²) < 4.78 is 5.07. The van der Waals surface area contributed by atoms with E-state index in [0.29, 0.717) is 11.7 Å². The van der Waals surface area contributed by atoms with Gasteiger partial charge in [-0.15, -0.1) is 0 Å². The highest BCUT2D eigenvalue weighted by Gasteiger charge is 2.20. The highest BCUT2D eigenvalue weighted by atomic mass is 16.5. The van der Waals surface area contributed by atoms with Gasteiger partial charge in [-0.05, 0) is 23.8 Å². The van der Waals surface area contributed by atoms with E-state index in [4.69, 9.17) is 4.74 Å². The molecule has 0 atom stereocenters. The lowest BCUT2D eigenvalue weighted by molar-refractivity contribution is -0.115. The Balaban J connectivity index is 2.24. The first kappa shape index (κ1) is 12.2. The number of nitrogens with zero attached hydrogens (tertiary/aromatic N) is 2. The van der Waals surface area contributed by atoms with Crippen molar-refractivity contribution in [2.75, 3.05) is 21.2 Å². The Kier molecular flexibility index (Phi) is 3.32. The maximum absolute atomic E-state index is 11.7. The lowest BCUT2D eigenvalue weighted by atomic mass is 10.2. The Hall–Kier alpha value is -2.30. The molecule has 1 amide bonds. The average molecular weight is 245 g/mol. The summed E-state index contributed by atoms with van der Waals surface area (Å²) in [5, 5.41) is 2.69. The maximum Gasteiger partial charge on any atom is 0.276 e. The molecule has 1 aromatic carbocycles. The summed E-state index contributed by atoms with van der Waals surface area (Å²) in [6.45, 7) is 0. The maximum atomic E-state index is 11.7. The molecule has 5 nitrogen and oxygen atoms in total. The van der Waals surface area contributed by atoms with Crippen LogP contribution in [0.25, 0.3) is 6.08 Å². The SMILES string of the molecule is COc1ccc(/C=C2/N=C(N(C)C)NC2=O)cc1. The lowest BCUT2D eigenvalue weighted by Gasteiger charge is -2.09. The first-order chi connectivity index (χ1) is 8.60. The van der Waals surface area contributed by atoms with E-state index in [9.17, 15) is 4.79 Å². The van der Waals surface area contributed by atoms with Crippen molar-refractivity contribution >= 4 is 17.9 Å². The van der Waals surface area contributed by atoms with E-state index >= 15 is 0 Å². The van der Waals surface area contributed by atoms with Crippen molar-refractivity contribution in [1.82, 2.24) is 10.2 Å². The smallest absolute Gasteiger partial charge is 0.276 e. The van der Waals surface area contributed by atoms with Crippen LogP contribution in [0.4, 0.5) is 0 Å².